The number of fused-ring (bicyclic) bond motifs is 2. The van der Waals surface area contributed by atoms with E-state index >= 15 is 0 Å². The molecule has 1 saturated heterocycles. The number of para-hydroxylation sites is 1. The Kier molecular flexibility index (Phi) is 5.22. The predicted molar refractivity (Wildman–Crippen MR) is 112 cm³/mol. The van der Waals surface area contributed by atoms with Crippen LogP contribution in [0.25, 0.3) is 0 Å². The van der Waals surface area contributed by atoms with E-state index in [1.54, 1.807) is 53.4 Å². The van der Waals surface area contributed by atoms with Gasteiger partial charge < -0.3 is 20.4 Å². The molecule has 0 radical (unpaired) electrons. The van der Waals surface area contributed by atoms with Gasteiger partial charge in [-0.15, -0.1) is 0 Å². The van der Waals surface area contributed by atoms with Gasteiger partial charge in [-0.1, -0.05) is 18.2 Å². The number of anilines is 3. The average Bonchev–Trinajstić information content (AvgIpc) is 3.18. The van der Waals surface area contributed by atoms with Crippen LogP contribution in [0.1, 0.15) is 30.1 Å². The van der Waals surface area contributed by atoms with Crippen LogP contribution in [-0.2, 0) is 14.4 Å². The lowest BCUT2D eigenvalue weighted by Crippen LogP contribution is -2.47. The summed E-state index contributed by atoms with van der Waals surface area (Å²) in [6.07, 6.45) is 1.36. The molecule has 8 heteroatoms. The highest BCUT2D eigenvalue weighted by Crippen LogP contribution is 2.32. The van der Waals surface area contributed by atoms with Crippen molar-refractivity contribution >= 4 is 40.7 Å². The fourth-order valence-electron chi connectivity index (χ4n) is 3.99. The van der Waals surface area contributed by atoms with Crippen molar-refractivity contribution in [2.45, 2.75) is 25.8 Å². The molecule has 1 fully saturated rings. The van der Waals surface area contributed by atoms with Crippen molar-refractivity contribution in [2.24, 2.45) is 0 Å². The lowest BCUT2D eigenvalue weighted by molar-refractivity contribution is -0.124. The standard InChI is InChI=1S/C22H22N4O4/c1-14(27)23-15-6-4-7-16(12-15)24-20(28)13-26-18-9-3-2-8-17(18)21(29)25-11-5-10-19(25)22(26)30/h2-4,6-9,12,19H,5,10-11,13H2,1H3,(H,23,27)(H,24,28)/t19-/m1/s1. The first-order valence-electron chi connectivity index (χ1n) is 9.83. The van der Waals surface area contributed by atoms with Crippen LogP contribution in [0.15, 0.2) is 48.5 Å². The Bertz CT molecular complexity index is 1040. The molecule has 0 bridgehead atoms. The Hall–Kier alpha value is -3.68. The van der Waals surface area contributed by atoms with Crippen molar-refractivity contribution in [1.82, 2.24) is 4.90 Å². The first-order valence-corrected chi connectivity index (χ1v) is 9.83. The molecular formula is C22H22N4O4. The second-order valence-corrected chi connectivity index (χ2v) is 7.41. The number of rotatable bonds is 4. The van der Waals surface area contributed by atoms with Gasteiger partial charge >= 0.3 is 0 Å². The van der Waals surface area contributed by atoms with Crippen molar-refractivity contribution in [3.63, 3.8) is 0 Å². The number of hydrogen-bond acceptors (Lipinski definition) is 4. The molecule has 1 atom stereocenters. The number of nitrogens with one attached hydrogen (secondary N) is 2. The topological polar surface area (TPSA) is 98.8 Å². The minimum atomic E-state index is -0.541. The summed E-state index contributed by atoms with van der Waals surface area (Å²) in [7, 11) is 0. The van der Waals surface area contributed by atoms with Crippen molar-refractivity contribution in [3.8, 4) is 0 Å². The zero-order chi connectivity index (χ0) is 21.3. The summed E-state index contributed by atoms with van der Waals surface area (Å²) < 4.78 is 0. The molecule has 8 nitrogen and oxygen atoms in total. The van der Waals surface area contributed by atoms with Gasteiger partial charge in [0.05, 0.1) is 11.3 Å². The largest absolute Gasteiger partial charge is 0.327 e. The fourth-order valence-corrected chi connectivity index (χ4v) is 3.99. The van der Waals surface area contributed by atoms with E-state index in [1.807, 2.05) is 0 Å². The van der Waals surface area contributed by atoms with Crippen molar-refractivity contribution in [1.29, 1.82) is 0 Å². The summed E-state index contributed by atoms with van der Waals surface area (Å²) in [5, 5.41) is 5.42. The van der Waals surface area contributed by atoms with Crippen LogP contribution in [0.2, 0.25) is 0 Å². The SMILES string of the molecule is CC(=O)Nc1cccc(NC(=O)CN2C(=O)[C@H]3CCCN3C(=O)c3ccccc32)c1. The molecule has 0 saturated carbocycles. The Morgan fingerprint density at radius 2 is 1.77 bits per heavy atom. The molecule has 30 heavy (non-hydrogen) atoms. The molecule has 4 amide bonds. The van der Waals surface area contributed by atoms with Gasteiger partial charge in [0.25, 0.3) is 5.91 Å². The van der Waals surface area contributed by atoms with Crippen LogP contribution in [0.3, 0.4) is 0 Å². The van der Waals surface area contributed by atoms with E-state index in [0.29, 0.717) is 35.6 Å². The maximum atomic E-state index is 13.2. The first-order chi connectivity index (χ1) is 14.4. The second kappa shape index (κ2) is 7.98. The normalized spacial score (nSPS) is 17.8. The molecule has 2 aromatic rings. The van der Waals surface area contributed by atoms with E-state index in [1.165, 1.54) is 11.8 Å². The average molecular weight is 406 g/mol. The first kappa shape index (κ1) is 19.6. The quantitative estimate of drug-likeness (QED) is 0.813. The fraction of sp³-hybridized carbons (Fsp3) is 0.273. The zero-order valence-electron chi connectivity index (χ0n) is 16.6. The molecule has 0 spiro atoms. The third kappa shape index (κ3) is 3.76. The number of amides is 4. The van der Waals surface area contributed by atoms with Gasteiger partial charge in [-0.3, -0.25) is 19.2 Å². The van der Waals surface area contributed by atoms with Crippen LogP contribution in [0.4, 0.5) is 17.1 Å². The molecule has 2 aromatic carbocycles. The minimum absolute atomic E-state index is 0.174. The summed E-state index contributed by atoms with van der Waals surface area (Å²) in [4.78, 5) is 53.1. The number of carbonyl (C=O) groups is 4. The van der Waals surface area contributed by atoms with Crippen LogP contribution < -0.4 is 15.5 Å². The summed E-state index contributed by atoms with van der Waals surface area (Å²) in [6.45, 7) is 1.73. The molecule has 0 aliphatic carbocycles. The third-order valence-electron chi connectivity index (χ3n) is 5.26. The van der Waals surface area contributed by atoms with Crippen LogP contribution in [-0.4, -0.2) is 47.7 Å². The predicted octanol–water partition coefficient (Wildman–Crippen LogP) is 2.23. The van der Waals surface area contributed by atoms with Crippen molar-refractivity contribution in [3.05, 3.63) is 54.1 Å². The zero-order valence-corrected chi connectivity index (χ0v) is 16.6. The Morgan fingerprint density at radius 1 is 1.03 bits per heavy atom. The molecule has 2 aliphatic heterocycles. The summed E-state index contributed by atoms with van der Waals surface area (Å²) in [5.41, 5.74) is 1.93. The van der Waals surface area contributed by atoms with Crippen LogP contribution in [0, 0.1) is 0 Å². The monoisotopic (exact) mass is 406 g/mol. The van der Waals surface area contributed by atoms with Gasteiger partial charge in [0, 0.05) is 24.8 Å². The molecule has 4 rings (SSSR count). The van der Waals surface area contributed by atoms with E-state index < -0.39 is 11.9 Å². The van der Waals surface area contributed by atoms with E-state index in [2.05, 4.69) is 10.6 Å². The van der Waals surface area contributed by atoms with Crippen LogP contribution >= 0.6 is 0 Å². The number of nitrogens with zero attached hydrogens (tertiary/aromatic N) is 2. The van der Waals surface area contributed by atoms with Gasteiger partial charge in [-0.2, -0.15) is 0 Å². The summed E-state index contributed by atoms with van der Waals surface area (Å²) in [5.74, 6) is -1.02. The Morgan fingerprint density at radius 3 is 2.53 bits per heavy atom. The minimum Gasteiger partial charge on any atom is -0.327 e. The molecule has 2 aliphatic rings. The second-order valence-electron chi connectivity index (χ2n) is 7.41. The smallest absolute Gasteiger partial charge is 0.256 e. The van der Waals surface area contributed by atoms with Gasteiger partial charge in [-0.05, 0) is 43.2 Å². The number of carbonyl (C=O) groups excluding carboxylic acids is 4. The lowest BCUT2D eigenvalue weighted by atomic mass is 10.1. The Balaban J connectivity index is 1.58. The van der Waals surface area contributed by atoms with E-state index in [0.717, 1.165) is 6.42 Å². The van der Waals surface area contributed by atoms with E-state index in [-0.39, 0.29) is 24.3 Å². The lowest BCUT2D eigenvalue weighted by Gasteiger charge is -2.25. The third-order valence-corrected chi connectivity index (χ3v) is 5.26. The van der Waals surface area contributed by atoms with Gasteiger partial charge in [-0.25, -0.2) is 0 Å². The van der Waals surface area contributed by atoms with Crippen molar-refractivity contribution in [2.75, 3.05) is 28.6 Å². The maximum Gasteiger partial charge on any atom is 0.256 e. The van der Waals surface area contributed by atoms with E-state index in [4.69, 9.17) is 0 Å². The highest BCUT2D eigenvalue weighted by molar-refractivity contribution is 6.13. The molecular weight excluding hydrogens is 384 g/mol. The maximum absolute atomic E-state index is 13.2. The van der Waals surface area contributed by atoms with E-state index in [9.17, 15) is 19.2 Å². The molecule has 154 valence electrons. The molecule has 0 aromatic heterocycles. The highest BCUT2D eigenvalue weighted by Gasteiger charge is 2.42. The summed E-state index contributed by atoms with van der Waals surface area (Å²) >= 11 is 0. The van der Waals surface area contributed by atoms with Crippen molar-refractivity contribution < 1.29 is 19.2 Å². The Labute approximate surface area is 173 Å². The molecule has 2 N–H and O–H groups in total. The highest BCUT2D eigenvalue weighted by atomic mass is 16.2. The molecule has 2 heterocycles. The van der Waals surface area contributed by atoms with Gasteiger partial charge in [0.2, 0.25) is 17.7 Å². The molecule has 0 unspecified atom stereocenters. The van der Waals surface area contributed by atoms with Gasteiger partial charge in [0.1, 0.15) is 12.6 Å². The number of benzene rings is 2. The number of hydrogen-bond donors (Lipinski definition) is 2. The van der Waals surface area contributed by atoms with Gasteiger partial charge in [0.15, 0.2) is 0 Å². The summed E-state index contributed by atoms with van der Waals surface area (Å²) in [6, 6.07) is 13.1. The van der Waals surface area contributed by atoms with Crippen LogP contribution in [0.5, 0.6) is 0 Å².